The van der Waals surface area contributed by atoms with Gasteiger partial charge in [0.2, 0.25) is 47.1 Å². The number of hydrogen-bond donors (Lipinski definition) is 16. The summed E-state index contributed by atoms with van der Waals surface area (Å²) in [5, 5.41) is 109. The van der Waals surface area contributed by atoms with E-state index < -0.39 is 154 Å². The van der Waals surface area contributed by atoms with Crippen molar-refractivity contribution in [3.63, 3.8) is 0 Å². The van der Waals surface area contributed by atoms with Crippen molar-refractivity contribution in [3.05, 3.63) is 164 Å². The minimum absolute atomic E-state index is 0.000925. The van der Waals surface area contributed by atoms with Crippen LogP contribution in [0.4, 0.5) is 4.79 Å². The number of alkyl carbamates (subject to hydrolysis) is 1. The number of rotatable bonds is 22. The number of amides is 8. The highest BCUT2D eigenvalue weighted by Gasteiger charge is 2.42. The third kappa shape index (κ3) is 20.6. The summed E-state index contributed by atoms with van der Waals surface area (Å²) < 4.78 is 24.4. The maximum atomic E-state index is 16.3. The monoisotopic (exact) mass is 1610 g/mol. The first kappa shape index (κ1) is 83.7. The number of fused-ring (bicyclic) bond motifs is 14. The van der Waals surface area contributed by atoms with Crippen LogP contribution in [0.2, 0.25) is 10.0 Å². The third-order valence-corrected chi connectivity index (χ3v) is 20.8. The van der Waals surface area contributed by atoms with E-state index in [1.165, 1.54) is 72.8 Å². The SMILES string of the molecule is CCCCCCCCCCNCc1c(O)cc2c(c1O)-c1cc(ccc1O)[C@@H]1NC(=O)[C@H]3NC(=O)[C@H]4NC(=O)[C@H](Cc5ccc(c(Cl)c5)Oc5cc3cc(c5O)Oc3ccc(cc3Cl)C(O)[C@H](NC1=O)C(=O)N[C@@H]2C(=O)NCCCCCCCCCC)NC(=O)[C@@H](NC(=O)OC(C)(C)C)c1ccc(O)c(c1)Oc1cc(O)cc4c1. The quantitative estimate of drug-likeness (QED) is 0.0280. The second-order valence-corrected chi connectivity index (χ2v) is 30.9. The van der Waals surface area contributed by atoms with Gasteiger partial charge in [0.1, 0.15) is 94.2 Å². The summed E-state index contributed by atoms with van der Waals surface area (Å²) in [6, 6.07) is 8.06. The predicted octanol–water partition coefficient (Wildman–Crippen LogP) is 13.0. The molecule has 0 saturated carbocycles. The molecule has 6 heterocycles. The molecule has 0 aliphatic carbocycles. The Morgan fingerprint density at radius 1 is 0.500 bits per heavy atom. The van der Waals surface area contributed by atoms with Crippen LogP contribution >= 0.6 is 23.2 Å². The molecular formula is C84H97Cl2N9O19. The Morgan fingerprint density at radius 3 is 1.68 bits per heavy atom. The van der Waals surface area contributed by atoms with Crippen molar-refractivity contribution in [1.82, 2.24) is 47.9 Å². The number of carbonyl (C=O) groups excluding carboxylic acids is 8. The molecule has 7 aromatic rings. The minimum Gasteiger partial charge on any atom is -0.508 e. The molecule has 8 amide bonds. The first-order chi connectivity index (χ1) is 54.6. The van der Waals surface area contributed by atoms with Gasteiger partial charge in [-0.2, -0.15) is 0 Å². The van der Waals surface area contributed by atoms with Crippen molar-refractivity contribution in [2.75, 3.05) is 13.1 Å². The summed E-state index contributed by atoms with van der Waals surface area (Å²) in [6.07, 6.45) is 12.1. The van der Waals surface area contributed by atoms with Gasteiger partial charge < -0.3 is 103 Å². The van der Waals surface area contributed by atoms with Crippen LogP contribution in [0.25, 0.3) is 11.1 Å². The van der Waals surface area contributed by atoms with E-state index in [2.05, 4.69) is 61.7 Å². The lowest BCUT2D eigenvalue weighted by Crippen LogP contribution is -2.56. The Hall–Kier alpha value is -11.2. The van der Waals surface area contributed by atoms with E-state index in [0.29, 0.717) is 13.0 Å². The van der Waals surface area contributed by atoms with Gasteiger partial charge in [-0.1, -0.05) is 151 Å². The molecule has 30 heteroatoms. The van der Waals surface area contributed by atoms with E-state index in [4.69, 9.17) is 42.1 Å². The zero-order chi connectivity index (χ0) is 81.7. The lowest BCUT2D eigenvalue weighted by atomic mass is 9.87. The van der Waals surface area contributed by atoms with Gasteiger partial charge in [0.25, 0.3) is 0 Å². The zero-order valence-electron chi connectivity index (χ0n) is 63.9. The number of benzene rings is 7. The average Bonchev–Trinajstić information content (AvgIpc) is 0.754. The van der Waals surface area contributed by atoms with Gasteiger partial charge in [-0.3, -0.25) is 33.6 Å². The van der Waals surface area contributed by atoms with Crippen LogP contribution in [-0.4, -0.2) is 114 Å². The summed E-state index contributed by atoms with van der Waals surface area (Å²) in [5.74, 6) is -13.8. The average molecular weight is 1610 g/mol. The van der Waals surface area contributed by atoms with E-state index in [1.807, 2.05) is 0 Å². The van der Waals surface area contributed by atoms with Gasteiger partial charge in [0, 0.05) is 36.7 Å². The maximum absolute atomic E-state index is 16.3. The number of ether oxygens (including phenoxy) is 4. The fraction of sp³-hybridized carbons (Fsp3) is 0.405. The summed E-state index contributed by atoms with van der Waals surface area (Å²) in [6.45, 7) is 9.45. The predicted molar refractivity (Wildman–Crippen MR) is 422 cm³/mol. The van der Waals surface area contributed by atoms with Crippen molar-refractivity contribution in [2.24, 2.45) is 0 Å². The fourth-order valence-electron chi connectivity index (χ4n) is 14.2. The largest absolute Gasteiger partial charge is 0.508 e. The highest BCUT2D eigenvalue weighted by Crippen LogP contribution is 2.50. The third-order valence-electron chi connectivity index (χ3n) is 20.2. The second-order valence-electron chi connectivity index (χ2n) is 30.0. The molecule has 0 radical (unpaired) electrons. The lowest BCUT2D eigenvalue weighted by molar-refractivity contribution is -0.137. The molecule has 8 atom stereocenters. The van der Waals surface area contributed by atoms with Crippen LogP contribution in [0.15, 0.2) is 109 Å². The lowest BCUT2D eigenvalue weighted by Gasteiger charge is -2.32. The number of carbonyl (C=O) groups is 8. The number of phenolic OH excluding ortho intramolecular Hbond substituents is 6. The Labute approximate surface area is 669 Å². The van der Waals surface area contributed by atoms with Crippen molar-refractivity contribution >= 4 is 70.6 Å². The van der Waals surface area contributed by atoms with Crippen molar-refractivity contribution < 1.29 is 93.0 Å². The van der Waals surface area contributed by atoms with Gasteiger partial charge in [-0.25, -0.2) is 4.79 Å². The minimum atomic E-state index is -2.21. The molecule has 6 aliphatic heterocycles. The smallest absolute Gasteiger partial charge is 0.408 e. The van der Waals surface area contributed by atoms with Crippen molar-refractivity contribution in [1.29, 1.82) is 0 Å². The molecule has 0 fully saturated rings. The molecule has 606 valence electrons. The molecule has 114 heavy (non-hydrogen) atoms. The molecule has 16 N–H and O–H groups in total. The molecule has 17 bridgehead atoms. The standard InChI is InChI=1S/C84H97Cl2N9O19/c1-6-8-10-12-14-16-18-20-30-87-43-54-60(99)42-53-66(74(54)101)52-36-45(23-26-58(52)97)67-79(106)94-72(82(109)93-71(53)77(104)88-31-21-19-17-15-13-11-9-7-2)73(100)47-25-29-62(56(86)37-47)113-65-40-49-39-64(75(65)102)112-61-28-22-44(32-55(61)85)33-57-76(103)90-69(80(107)92-70(49)81(108)91-67)48-34-50(96)41-51(35-48)111-63-38-46(24-27-59(63)98)68(78(105)89-57)95-83(110)114-84(3,4)5/h22-29,32,34-42,57,67-73,87,96-102H,6-21,30-31,33,43H2,1-5H3,(H,88,104)(H,89,105)(H,90,103)(H,91,108)(H,92,107)(H,93,109)(H,94,106)(H,95,110)/t57-,67-,68-,69-,70-,71-,72-,73?/m0/s1. The van der Waals surface area contributed by atoms with Crippen molar-refractivity contribution in [2.45, 2.75) is 204 Å². The molecule has 7 aromatic carbocycles. The summed E-state index contributed by atoms with van der Waals surface area (Å²) in [7, 11) is 0. The number of aromatic hydroxyl groups is 6. The number of nitrogens with one attached hydrogen (secondary N) is 9. The molecule has 13 rings (SSSR count). The number of phenols is 6. The second kappa shape index (κ2) is 37.6. The first-order valence-electron chi connectivity index (χ1n) is 38.6. The maximum Gasteiger partial charge on any atom is 0.408 e. The summed E-state index contributed by atoms with van der Waals surface area (Å²) in [5.41, 5.74) is -2.74. The number of aliphatic hydroxyl groups excluding tert-OH is 1. The normalized spacial score (nSPS) is 19.5. The van der Waals surface area contributed by atoms with E-state index in [-0.39, 0.29) is 102 Å². The Bertz CT molecular complexity index is 4770. The van der Waals surface area contributed by atoms with Gasteiger partial charge in [0.05, 0.1) is 15.6 Å². The number of unbranched alkanes of at least 4 members (excludes halogenated alkanes) is 14. The molecular weight excluding hydrogens is 1510 g/mol. The Morgan fingerprint density at radius 2 is 1.05 bits per heavy atom. The molecule has 1 unspecified atom stereocenters. The topological polar surface area (TPSA) is 423 Å². The number of halogens is 2. The van der Waals surface area contributed by atoms with E-state index in [0.717, 1.165) is 133 Å². The highest BCUT2D eigenvalue weighted by molar-refractivity contribution is 6.32. The van der Waals surface area contributed by atoms with Crippen LogP contribution in [0.1, 0.15) is 218 Å². The highest BCUT2D eigenvalue weighted by atomic mass is 35.5. The summed E-state index contributed by atoms with van der Waals surface area (Å²) in [4.78, 5) is 123. The van der Waals surface area contributed by atoms with E-state index >= 15 is 28.8 Å². The summed E-state index contributed by atoms with van der Waals surface area (Å²) >= 11 is 14.1. The van der Waals surface area contributed by atoms with Crippen LogP contribution in [0, 0.1) is 0 Å². The van der Waals surface area contributed by atoms with Crippen LogP contribution in [0.3, 0.4) is 0 Å². The van der Waals surface area contributed by atoms with Gasteiger partial charge >= 0.3 is 6.09 Å². The van der Waals surface area contributed by atoms with Crippen molar-refractivity contribution in [3.8, 4) is 80.1 Å². The molecule has 28 nitrogen and oxygen atoms in total. The van der Waals surface area contributed by atoms with E-state index in [9.17, 15) is 45.3 Å². The van der Waals surface area contributed by atoms with Gasteiger partial charge in [0.15, 0.2) is 23.0 Å². The van der Waals surface area contributed by atoms with Gasteiger partial charge in [-0.15, -0.1) is 0 Å². The van der Waals surface area contributed by atoms with Crippen LogP contribution in [0.5, 0.6) is 69.0 Å². The zero-order valence-corrected chi connectivity index (χ0v) is 65.5. The Kier molecular flexibility index (Phi) is 27.6. The number of aliphatic hydroxyl groups is 1. The Balaban J connectivity index is 1.07. The van der Waals surface area contributed by atoms with Gasteiger partial charge in [-0.05, 0) is 158 Å². The van der Waals surface area contributed by atoms with E-state index in [1.54, 1.807) is 20.8 Å². The fourth-order valence-corrected chi connectivity index (χ4v) is 14.7. The molecule has 0 spiro atoms. The molecule has 0 aromatic heterocycles. The number of hydrogen-bond acceptors (Lipinski definition) is 20. The van der Waals surface area contributed by atoms with Crippen LogP contribution in [-0.2, 0) is 51.3 Å². The molecule has 0 saturated heterocycles. The van der Waals surface area contributed by atoms with Crippen LogP contribution < -0.4 is 62.1 Å². The molecule has 6 aliphatic rings. The first-order valence-corrected chi connectivity index (χ1v) is 39.4.